The van der Waals surface area contributed by atoms with Crippen molar-refractivity contribution in [2.45, 2.75) is 31.6 Å². The van der Waals surface area contributed by atoms with E-state index in [1.165, 1.54) is 10.9 Å². The first kappa shape index (κ1) is 17.2. The maximum Gasteiger partial charge on any atom is 0.167 e. The van der Waals surface area contributed by atoms with Gasteiger partial charge in [-0.1, -0.05) is 18.2 Å². The molecule has 0 spiro atoms. The van der Waals surface area contributed by atoms with Crippen molar-refractivity contribution in [3.05, 3.63) is 48.7 Å². The average molecular weight is 378 g/mol. The van der Waals surface area contributed by atoms with E-state index in [0.717, 1.165) is 48.3 Å². The van der Waals surface area contributed by atoms with Crippen molar-refractivity contribution in [1.29, 1.82) is 0 Å². The van der Waals surface area contributed by atoms with E-state index in [1.807, 2.05) is 10.6 Å². The second-order valence-electron chi connectivity index (χ2n) is 7.06. The lowest BCUT2D eigenvalue weighted by Gasteiger charge is -2.14. The molecule has 0 aliphatic carbocycles. The standard InChI is InChI=1S/C20H22N6O2/c27-10-14-5-6-17(28-14)26-12-25-18-19(23-11-24-20(18)26)21-8-7-13-9-22-16-4-2-1-3-15(13)16/h1-4,9,11-12,14,17,22,27H,5-8,10H2,(H,21,23,24)/t14-,17+/m0/s1. The molecule has 4 aromatic rings. The Kier molecular flexibility index (Phi) is 4.42. The fraction of sp³-hybridized carbons (Fsp3) is 0.350. The van der Waals surface area contributed by atoms with Crippen LogP contribution in [0.4, 0.5) is 5.82 Å². The van der Waals surface area contributed by atoms with Gasteiger partial charge in [-0.15, -0.1) is 0 Å². The minimum atomic E-state index is -0.142. The number of fused-ring (bicyclic) bond motifs is 2. The Morgan fingerprint density at radius 2 is 2.14 bits per heavy atom. The first-order chi connectivity index (χ1) is 13.8. The van der Waals surface area contributed by atoms with Gasteiger partial charge in [0.05, 0.1) is 19.0 Å². The minimum absolute atomic E-state index is 0.0404. The van der Waals surface area contributed by atoms with Gasteiger partial charge in [-0.3, -0.25) is 4.57 Å². The zero-order valence-corrected chi connectivity index (χ0v) is 15.4. The number of anilines is 1. The van der Waals surface area contributed by atoms with Gasteiger partial charge in [0.25, 0.3) is 0 Å². The second-order valence-corrected chi connectivity index (χ2v) is 7.06. The summed E-state index contributed by atoms with van der Waals surface area (Å²) < 4.78 is 7.79. The van der Waals surface area contributed by atoms with Crippen LogP contribution in [0.25, 0.3) is 22.1 Å². The summed E-state index contributed by atoms with van der Waals surface area (Å²) in [6, 6.07) is 8.30. The van der Waals surface area contributed by atoms with Crippen LogP contribution in [0.1, 0.15) is 24.6 Å². The summed E-state index contributed by atoms with van der Waals surface area (Å²) in [4.78, 5) is 16.6. The van der Waals surface area contributed by atoms with Gasteiger partial charge >= 0.3 is 0 Å². The van der Waals surface area contributed by atoms with Crippen LogP contribution >= 0.6 is 0 Å². The monoisotopic (exact) mass is 378 g/mol. The Morgan fingerprint density at radius 1 is 1.21 bits per heavy atom. The summed E-state index contributed by atoms with van der Waals surface area (Å²) in [5.74, 6) is 0.722. The van der Waals surface area contributed by atoms with Gasteiger partial charge in [0, 0.05) is 23.6 Å². The van der Waals surface area contributed by atoms with E-state index >= 15 is 0 Å². The number of benzene rings is 1. The van der Waals surface area contributed by atoms with E-state index in [2.05, 4.69) is 49.6 Å². The molecule has 1 saturated heterocycles. The molecule has 2 atom stereocenters. The highest BCUT2D eigenvalue weighted by molar-refractivity contribution is 5.84. The maximum absolute atomic E-state index is 9.29. The van der Waals surface area contributed by atoms with Crippen molar-refractivity contribution in [3.63, 3.8) is 0 Å². The fourth-order valence-corrected chi connectivity index (χ4v) is 3.87. The summed E-state index contributed by atoms with van der Waals surface area (Å²) in [5.41, 5.74) is 3.90. The fourth-order valence-electron chi connectivity index (χ4n) is 3.87. The number of aliphatic hydroxyl groups excluding tert-OH is 1. The summed E-state index contributed by atoms with van der Waals surface area (Å²) in [7, 11) is 0. The summed E-state index contributed by atoms with van der Waals surface area (Å²) in [5, 5.41) is 13.9. The quantitative estimate of drug-likeness (QED) is 0.477. The molecule has 144 valence electrons. The molecule has 1 aliphatic rings. The van der Waals surface area contributed by atoms with Crippen LogP contribution in [0.5, 0.6) is 0 Å². The number of imidazole rings is 1. The van der Waals surface area contributed by atoms with E-state index < -0.39 is 0 Å². The Balaban J connectivity index is 1.32. The van der Waals surface area contributed by atoms with Crippen LogP contribution in [0.2, 0.25) is 0 Å². The molecule has 28 heavy (non-hydrogen) atoms. The summed E-state index contributed by atoms with van der Waals surface area (Å²) >= 11 is 0. The predicted octanol–water partition coefficient (Wildman–Crippen LogP) is 2.63. The molecule has 8 heteroatoms. The molecular formula is C20H22N6O2. The molecule has 4 heterocycles. The van der Waals surface area contributed by atoms with Crippen LogP contribution in [0.3, 0.4) is 0 Å². The molecule has 0 radical (unpaired) electrons. The SMILES string of the molecule is OC[C@@H]1CC[C@H](n2cnc3c(NCCc4c[nH]c5ccccc45)ncnc32)O1. The van der Waals surface area contributed by atoms with E-state index in [9.17, 15) is 5.11 Å². The largest absolute Gasteiger partial charge is 0.394 e. The van der Waals surface area contributed by atoms with Gasteiger partial charge < -0.3 is 20.1 Å². The van der Waals surface area contributed by atoms with Crippen LogP contribution in [-0.2, 0) is 11.2 Å². The van der Waals surface area contributed by atoms with Crippen LogP contribution in [0, 0.1) is 0 Å². The first-order valence-corrected chi connectivity index (χ1v) is 9.56. The molecular weight excluding hydrogens is 356 g/mol. The summed E-state index contributed by atoms with van der Waals surface area (Å²) in [6.07, 6.45) is 7.65. The van der Waals surface area contributed by atoms with Crippen molar-refractivity contribution in [3.8, 4) is 0 Å². The zero-order valence-electron chi connectivity index (χ0n) is 15.4. The number of hydrogen-bond donors (Lipinski definition) is 3. The van der Waals surface area contributed by atoms with E-state index in [0.29, 0.717) is 0 Å². The van der Waals surface area contributed by atoms with E-state index in [1.54, 1.807) is 12.7 Å². The molecule has 1 aromatic carbocycles. The second kappa shape index (κ2) is 7.21. The third-order valence-corrected chi connectivity index (χ3v) is 5.32. The molecule has 0 bridgehead atoms. The Hall–Kier alpha value is -2.97. The molecule has 1 aliphatic heterocycles. The molecule has 0 unspecified atom stereocenters. The predicted molar refractivity (Wildman–Crippen MR) is 106 cm³/mol. The molecule has 1 fully saturated rings. The zero-order chi connectivity index (χ0) is 18.9. The van der Waals surface area contributed by atoms with Gasteiger partial charge in [0.2, 0.25) is 0 Å². The first-order valence-electron chi connectivity index (χ1n) is 9.56. The topological polar surface area (TPSA) is 101 Å². The Bertz CT molecular complexity index is 1100. The van der Waals surface area contributed by atoms with Gasteiger partial charge in [-0.2, -0.15) is 0 Å². The van der Waals surface area contributed by atoms with Crippen molar-refractivity contribution in [1.82, 2.24) is 24.5 Å². The number of aromatic nitrogens is 5. The Labute approximate surface area is 161 Å². The number of aromatic amines is 1. The highest BCUT2D eigenvalue weighted by Gasteiger charge is 2.27. The highest BCUT2D eigenvalue weighted by atomic mass is 16.5. The van der Waals surface area contributed by atoms with Gasteiger partial charge in [0.15, 0.2) is 17.0 Å². The maximum atomic E-state index is 9.29. The molecule has 3 aromatic heterocycles. The lowest BCUT2D eigenvalue weighted by atomic mass is 10.1. The number of nitrogens with zero attached hydrogens (tertiary/aromatic N) is 4. The average Bonchev–Trinajstić information content (AvgIpc) is 3.46. The third-order valence-electron chi connectivity index (χ3n) is 5.32. The van der Waals surface area contributed by atoms with Crippen molar-refractivity contribution >= 4 is 27.9 Å². The lowest BCUT2D eigenvalue weighted by molar-refractivity contribution is -0.0207. The molecule has 0 amide bonds. The molecule has 5 rings (SSSR count). The molecule has 0 saturated carbocycles. The van der Waals surface area contributed by atoms with Crippen molar-refractivity contribution < 1.29 is 9.84 Å². The minimum Gasteiger partial charge on any atom is -0.394 e. The van der Waals surface area contributed by atoms with Gasteiger partial charge in [-0.05, 0) is 30.9 Å². The number of rotatable bonds is 6. The van der Waals surface area contributed by atoms with Crippen LogP contribution < -0.4 is 5.32 Å². The van der Waals surface area contributed by atoms with Gasteiger partial charge in [-0.25, -0.2) is 15.0 Å². The number of ether oxygens (including phenoxy) is 1. The van der Waals surface area contributed by atoms with E-state index in [-0.39, 0.29) is 18.9 Å². The third kappa shape index (κ3) is 3.00. The normalized spacial score (nSPS) is 19.6. The van der Waals surface area contributed by atoms with Crippen molar-refractivity contribution in [2.75, 3.05) is 18.5 Å². The molecule has 8 nitrogen and oxygen atoms in total. The van der Waals surface area contributed by atoms with Gasteiger partial charge in [0.1, 0.15) is 12.6 Å². The number of aliphatic hydroxyl groups is 1. The van der Waals surface area contributed by atoms with E-state index in [4.69, 9.17) is 4.74 Å². The number of para-hydroxylation sites is 1. The summed E-state index contributed by atoms with van der Waals surface area (Å²) in [6.45, 7) is 0.784. The smallest absolute Gasteiger partial charge is 0.167 e. The van der Waals surface area contributed by atoms with Crippen molar-refractivity contribution in [2.24, 2.45) is 0 Å². The highest BCUT2D eigenvalue weighted by Crippen LogP contribution is 2.31. The van der Waals surface area contributed by atoms with Crippen LogP contribution in [0.15, 0.2) is 43.1 Å². The lowest BCUT2D eigenvalue weighted by Crippen LogP contribution is -2.14. The number of nitrogens with one attached hydrogen (secondary N) is 2. The molecule has 3 N–H and O–H groups in total. The Morgan fingerprint density at radius 3 is 3.04 bits per heavy atom. The van der Waals surface area contributed by atoms with Crippen LogP contribution in [-0.4, -0.2) is 48.9 Å². The number of H-pyrrole nitrogens is 1. The number of hydrogen-bond acceptors (Lipinski definition) is 6.